The molecule has 0 atom stereocenters. The lowest BCUT2D eigenvalue weighted by Gasteiger charge is -2.28. The fourth-order valence-electron chi connectivity index (χ4n) is 3.06. The van der Waals surface area contributed by atoms with Crippen LogP contribution in [0.3, 0.4) is 0 Å². The maximum atomic E-state index is 13.2. The second-order valence-electron chi connectivity index (χ2n) is 5.80. The molecule has 25 heavy (non-hydrogen) atoms. The molecule has 1 N–H and O–H groups in total. The summed E-state index contributed by atoms with van der Waals surface area (Å²) in [6, 6.07) is 1.99. The van der Waals surface area contributed by atoms with E-state index in [1.54, 1.807) is 0 Å². The van der Waals surface area contributed by atoms with Gasteiger partial charge < -0.3 is 4.90 Å². The Morgan fingerprint density at radius 3 is 2.88 bits per heavy atom. The first kappa shape index (κ1) is 16.6. The summed E-state index contributed by atoms with van der Waals surface area (Å²) in [6.07, 6.45) is -3.20. The number of hydrogen-bond acceptors (Lipinski definition) is 5. The van der Waals surface area contributed by atoms with Crippen molar-refractivity contribution in [2.24, 2.45) is 0 Å². The van der Waals surface area contributed by atoms with Crippen LogP contribution in [0, 0.1) is 0 Å². The molecule has 0 bridgehead atoms. The van der Waals surface area contributed by atoms with Crippen molar-refractivity contribution in [2.75, 3.05) is 11.4 Å². The summed E-state index contributed by atoms with van der Waals surface area (Å²) < 4.78 is 39.5. The number of aromatic amines is 1. The maximum Gasteiger partial charge on any atom is 0.435 e. The van der Waals surface area contributed by atoms with E-state index in [4.69, 9.17) is 11.6 Å². The number of nitrogens with one attached hydrogen (secondary N) is 1. The molecule has 10 heteroatoms. The molecular weight excluding hydrogens is 375 g/mol. The lowest BCUT2D eigenvalue weighted by atomic mass is 10.0. The van der Waals surface area contributed by atoms with Gasteiger partial charge in [0.25, 0.3) is 0 Å². The van der Waals surface area contributed by atoms with Crippen molar-refractivity contribution >= 4 is 39.0 Å². The summed E-state index contributed by atoms with van der Waals surface area (Å²) in [5.41, 5.74) is -0.157. The molecule has 0 aromatic carbocycles. The van der Waals surface area contributed by atoms with E-state index in [9.17, 15) is 13.2 Å². The lowest BCUT2D eigenvalue weighted by Crippen LogP contribution is -2.32. The van der Waals surface area contributed by atoms with E-state index in [1.165, 1.54) is 11.3 Å². The zero-order valence-corrected chi connectivity index (χ0v) is 14.7. The Morgan fingerprint density at radius 1 is 1.36 bits per heavy atom. The minimum Gasteiger partial charge on any atom is -0.351 e. The zero-order chi connectivity index (χ0) is 17.8. The van der Waals surface area contributed by atoms with Crippen molar-refractivity contribution < 1.29 is 13.2 Å². The molecule has 3 aromatic rings. The van der Waals surface area contributed by atoms with Gasteiger partial charge in [0, 0.05) is 35.6 Å². The first-order valence-corrected chi connectivity index (χ1v) is 8.90. The van der Waals surface area contributed by atoms with Crippen LogP contribution in [0.2, 0.25) is 5.28 Å². The molecule has 0 saturated carbocycles. The number of aromatic nitrogens is 4. The highest BCUT2D eigenvalue weighted by Crippen LogP contribution is 2.37. The fourth-order valence-corrected chi connectivity index (χ4v) is 4.23. The molecule has 0 spiro atoms. The number of H-pyrrole nitrogens is 1. The maximum absolute atomic E-state index is 13.2. The van der Waals surface area contributed by atoms with Crippen molar-refractivity contribution in [1.29, 1.82) is 0 Å². The van der Waals surface area contributed by atoms with Crippen LogP contribution in [0.25, 0.3) is 10.2 Å². The Hall–Kier alpha value is -1.87. The predicted molar refractivity (Wildman–Crippen MR) is 90.1 cm³/mol. The molecule has 0 fully saturated rings. The minimum atomic E-state index is -4.48. The van der Waals surface area contributed by atoms with Crippen LogP contribution in [0.1, 0.15) is 28.8 Å². The van der Waals surface area contributed by atoms with Crippen molar-refractivity contribution in [2.45, 2.75) is 32.5 Å². The van der Waals surface area contributed by atoms with Crippen molar-refractivity contribution in [3.05, 3.63) is 33.2 Å². The van der Waals surface area contributed by atoms with E-state index in [2.05, 4.69) is 20.2 Å². The second-order valence-corrected chi connectivity index (χ2v) is 7.25. The van der Waals surface area contributed by atoms with Crippen molar-refractivity contribution in [3.63, 3.8) is 0 Å². The van der Waals surface area contributed by atoms with Crippen LogP contribution >= 0.6 is 22.9 Å². The van der Waals surface area contributed by atoms with Gasteiger partial charge in [-0.25, -0.2) is 4.98 Å². The topological polar surface area (TPSA) is 57.7 Å². The van der Waals surface area contributed by atoms with E-state index < -0.39 is 11.9 Å². The van der Waals surface area contributed by atoms with Crippen LogP contribution in [0.5, 0.6) is 0 Å². The number of aryl methyl sites for hydroxylation is 1. The number of halogens is 4. The summed E-state index contributed by atoms with van der Waals surface area (Å²) in [5.74, 6) is 0.575. The Morgan fingerprint density at radius 2 is 2.16 bits per heavy atom. The standard InChI is InChI=1S/C15H13ClF3N5S/c1-2-7-5-8-12(20-14(16)21-13(8)25-7)24-4-3-10-9(6-24)11(23-22-10)15(17,18)19/h5H,2-4,6H2,1H3,(H,22,23). The SMILES string of the molecule is CCc1cc2c(N3CCc4[nH]nc(C(F)(F)F)c4C3)nc(Cl)nc2s1. The zero-order valence-electron chi connectivity index (χ0n) is 13.1. The second kappa shape index (κ2) is 5.84. The molecule has 5 nitrogen and oxygen atoms in total. The molecule has 132 valence electrons. The van der Waals surface area contributed by atoms with Gasteiger partial charge in [-0.15, -0.1) is 11.3 Å². The normalized spacial score (nSPS) is 15.0. The largest absolute Gasteiger partial charge is 0.435 e. The molecule has 0 saturated heterocycles. The quantitative estimate of drug-likeness (QED) is 0.669. The van der Waals surface area contributed by atoms with E-state index in [0.717, 1.165) is 21.5 Å². The molecule has 1 aliphatic heterocycles. The van der Waals surface area contributed by atoms with Gasteiger partial charge in [0.15, 0.2) is 5.69 Å². The van der Waals surface area contributed by atoms with E-state index in [0.29, 0.717) is 24.5 Å². The Bertz CT molecular complexity index is 949. The number of fused-ring (bicyclic) bond motifs is 2. The van der Waals surface area contributed by atoms with Crippen LogP contribution in [0.15, 0.2) is 6.07 Å². The first-order valence-electron chi connectivity index (χ1n) is 7.71. The van der Waals surface area contributed by atoms with E-state index in [1.807, 2.05) is 17.9 Å². The number of anilines is 1. The Kier molecular flexibility index (Phi) is 3.88. The van der Waals surface area contributed by atoms with Crippen LogP contribution in [-0.2, 0) is 25.6 Å². The average molecular weight is 388 g/mol. The van der Waals surface area contributed by atoms with Gasteiger partial charge in [-0.3, -0.25) is 5.10 Å². The molecular formula is C15H13ClF3N5S. The van der Waals surface area contributed by atoms with Crippen LogP contribution in [-0.4, -0.2) is 26.7 Å². The van der Waals surface area contributed by atoms with Gasteiger partial charge in [-0.05, 0) is 24.1 Å². The fraction of sp³-hybridized carbons (Fsp3) is 0.400. The van der Waals surface area contributed by atoms with Crippen LogP contribution < -0.4 is 4.90 Å². The molecule has 0 aliphatic carbocycles. The van der Waals surface area contributed by atoms with Crippen molar-refractivity contribution in [3.8, 4) is 0 Å². The Balaban J connectivity index is 1.78. The smallest absolute Gasteiger partial charge is 0.351 e. The van der Waals surface area contributed by atoms with E-state index >= 15 is 0 Å². The molecule has 1 aliphatic rings. The number of thiophene rings is 1. The van der Waals surface area contributed by atoms with Crippen molar-refractivity contribution in [1.82, 2.24) is 20.2 Å². The number of alkyl halides is 3. The Labute approximate surface area is 149 Å². The average Bonchev–Trinajstić information content (AvgIpc) is 3.16. The molecule has 0 unspecified atom stereocenters. The van der Waals surface area contributed by atoms with Gasteiger partial charge in [-0.1, -0.05) is 6.92 Å². The molecule has 4 rings (SSSR count). The highest BCUT2D eigenvalue weighted by atomic mass is 35.5. The third-order valence-corrected chi connectivity index (χ3v) is 5.59. The monoisotopic (exact) mass is 387 g/mol. The summed E-state index contributed by atoms with van der Waals surface area (Å²) in [6.45, 7) is 2.65. The van der Waals surface area contributed by atoms with Gasteiger partial charge in [0.2, 0.25) is 5.28 Å². The van der Waals surface area contributed by atoms with Gasteiger partial charge in [0.1, 0.15) is 10.6 Å². The lowest BCUT2D eigenvalue weighted by molar-refractivity contribution is -0.141. The summed E-state index contributed by atoms with van der Waals surface area (Å²) in [7, 11) is 0. The number of rotatable bonds is 2. The third-order valence-electron chi connectivity index (χ3n) is 4.25. The summed E-state index contributed by atoms with van der Waals surface area (Å²) in [5, 5.41) is 6.90. The highest BCUT2D eigenvalue weighted by Gasteiger charge is 2.39. The highest BCUT2D eigenvalue weighted by molar-refractivity contribution is 7.18. The van der Waals surface area contributed by atoms with Crippen LogP contribution in [0.4, 0.5) is 19.0 Å². The summed E-state index contributed by atoms with van der Waals surface area (Å²) >= 11 is 7.56. The molecule has 3 aromatic heterocycles. The summed E-state index contributed by atoms with van der Waals surface area (Å²) in [4.78, 5) is 12.2. The first-order chi connectivity index (χ1) is 11.9. The predicted octanol–water partition coefficient (Wildman–Crippen LogP) is 4.21. The van der Waals surface area contributed by atoms with Gasteiger partial charge >= 0.3 is 6.18 Å². The van der Waals surface area contributed by atoms with Gasteiger partial charge in [-0.2, -0.15) is 23.3 Å². The third kappa shape index (κ3) is 2.85. The molecule has 4 heterocycles. The number of nitrogens with zero attached hydrogens (tertiary/aromatic N) is 4. The van der Waals surface area contributed by atoms with E-state index in [-0.39, 0.29) is 17.4 Å². The molecule has 0 radical (unpaired) electrons. The number of hydrogen-bond donors (Lipinski definition) is 1. The molecule has 0 amide bonds. The minimum absolute atomic E-state index is 0.0838. The van der Waals surface area contributed by atoms with Gasteiger partial charge in [0.05, 0.1) is 5.39 Å².